The SMILES string of the molecule is CC1Cn2nc(C(=O)O)cc2CN1CCC1CCCCC1. The van der Waals surface area contributed by atoms with Crippen LogP contribution in [0.5, 0.6) is 0 Å². The third kappa shape index (κ3) is 3.28. The van der Waals surface area contributed by atoms with E-state index >= 15 is 0 Å². The van der Waals surface area contributed by atoms with Crippen molar-refractivity contribution in [1.29, 1.82) is 0 Å². The van der Waals surface area contributed by atoms with Crippen LogP contribution in [0.25, 0.3) is 0 Å². The van der Waals surface area contributed by atoms with E-state index in [1.807, 2.05) is 4.68 Å². The van der Waals surface area contributed by atoms with Gasteiger partial charge in [0.15, 0.2) is 5.69 Å². The average molecular weight is 291 g/mol. The van der Waals surface area contributed by atoms with Crippen molar-refractivity contribution < 1.29 is 9.90 Å². The van der Waals surface area contributed by atoms with Crippen molar-refractivity contribution >= 4 is 5.97 Å². The van der Waals surface area contributed by atoms with E-state index in [0.29, 0.717) is 6.04 Å². The van der Waals surface area contributed by atoms with Crippen LogP contribution in [0.2, 0.25) is 0 Å². The number of carbonyl (C=O) groups is 1. The molecule has 1 aliphatic heterocycles. The second-order valence-corrected chi connectivity index (χ2v) is 6.62. The van der Waals surface area contributed by atoms with Crippen LogP contribution in [-0.2, 0) is 13.1 Å². The number of hydrogen-bond acceptors (Lipinski definition) is 3. The highest BCUT2D eigenvalue weighted by Crippen LogP contribution is 2.27. The molecule has 0 amide bonds. The fourth-order valence-corrected chi connectivity index (χ4v) is 3.70. The Labute approximate surface area is 125 Å². The number of hydrogen-bond donors (Lipinski definition) is 1. The van der Waals surface area contributed by atoms with Crippen LogP contribution < -0.4 is 0 Å². The van der Waals surface area contributed by atoms with E-state index in [-0.39, 0.29) is 5.69 Å². The predicted octanol–water partition coefficient (Wildman–Crippen LogP) is 2.76. The molecule has 1 aromatic rings. The molecule has 0 saturated heterocycles. The lowest BCUT2D eigenvalue weighted by atomic mass is 9.87. The zero-order valence-corrected chi connectivity index (χ0v) is 12.8. The Morgan fingerprint density at radius 1 is 1.38 bits per heavy atom. The van der Waals surface area contributed by atoms with E-state index in [2.05, 4.69) is 16.9 Å². The van der Waals surface area contributed by atoms with Gasteiger partial charge in [-0.05, 0) is 31.9 Å². The van der Waals surface area contributed by atoms with Gasteiger partial charge in [0.25, 0.3) is 0 Å². The first-order valence-electron chi connectivity index (χ1n) is 8.17. The summed E-state index contributed by atoms with van der Waals surface area (Å²) >= 11 is 0. The van der Waals surface area contributed by atoms with Crippen LogP contribution in [-0.4, -0.2) is 38.3 Å². The fraction of sp³-hybridized carbons (Fsp3) is 0.750. The summed E-state index contributed by atoms with van der Waals surface area (Å²) in [5.74, 6) is -0.0364. The molecule has 5 nitrogen and oxygen atoms in total. The summed E-state index contributed by atoms with van der Waals surface area (Å²) < 4.78 is 1.87. The minimum atomic E-state index is -0.932. The predicted molar refractivity (Wildman–Crippen MR) is 80.3 cm³/mol. The summed E-state index contributed by atoms with van der Waals surface area (Å²) in [6.07, 6.45) is 8.27. The quantitative estimate of drug-likeness (QED) is 0.926. The van der Waals surface area contributed by atoms with Crippen molar-refractivity contribution in [3.63, 3.8) is 0 Å². The Hall–Kier alpha value is -1.36. The summed E-state index contributed by atoms with van der Waals surface area (Å²) in [6.45, 7) is 4.97. The van der Waals surface area contributed by atoms with Gasteiger partial charge in [0, 0.05) is 12.6 Å². The Morgan fingerprint density at radius 2 is 2.14 bits per heavy atom. The van der Waals surface area contributed by atoms with Gasteiger partial charge in [-0.3, -0.25) is 9.58 Å². The Morgan fingerprint density at radius 3 is 2.86 bits per heavy atom. The highest BCUT2D eigenvalue weighted by Gasteiger charge is 2.26. The van der Waals surface area contributed by atoms with Crippen molar-refractivity contribution in [2.45, 2.75) is 64.6 Å². The lowest BCUT2D eigenvalue weighted by Gasteiger charge is -2.35. The number of rotatable bonds is 4. The summed E-state index contributed by atoms with van der Waals surface area (Å²) in [7, 11) is 0. The maximum absolute atomic E-state index is 11.0. The highest BCUT2D eigenvalue weighted by atomic mass is 16.4. The number of fused-ring (bicyclic) bond motifs is 1. The Balaban J connectivity index is 1.60. The monoisotopic (exact) mass is 291 g/mol. The zero-order valence-electron chi connectivity index (χ0n) is 12.8. The van der Waals surface area contributed by atoms with Gasteiger partial charge in [0.1, 0.15) is 0 Å². The Kier molecular flexibility index (Phi) is 4.29. The number of carboxylic acid groups (broad SMARTS) is 1. The molecule has 1 N–H and O–H groups in total. The van der Waals surface area contributed by atoms with E-state index in [1.165, 1.54) is 38.5 Å². The molecule has 1 aromatic heterocycles. The van der Waals surface area contributed by atoms with E-state index < -0.39 is 5.97 Å². The van der Waals surface area contributed by atoms with E-state index in [9.17, 15) is 4.79 Å². The van der Waals surface area contributed by atoms with Crippen molar-refractivity contribution in [3.8, 4) is 0 Å². The number of aromatic nitrogens is 2. The van der Waals surface area contributed by atoms with Gasteiger partial charge in [-0.2, -0.15) is 5.10 Å². The first-order chi connectivity index (χ1) is 10.1. The van der Waals surface area contributed by atoms with Gasteiger partial charge in [-0.15, -0.1) is 0 Å². The number of nitrogens with zero attached hydrogens (tertiary/aromatic N) is 3. The smallest absolute Gasteiger partial charge is 0.356 e. The molecular formula is C16H25N3O2. The minimum Gasteiger partial charge on any atom is -0.476 e. The Bertz CT molecular complexity index is 506. The molecule has 0 spiro atoms. The molecule has 21 heavy (non-hydrogen) atoms. The van der Waals surface area contributed by atoms with Crippen molar-refractivity contribution in [3.05, 3.63) is 17.5 Å². The van der Waals surface area contributed by atoms with Gasteiger partial charge in [0.2, 0.25) is 0 Å². The molecule has 116 valence electrons. The molecule has 1 fully saturated rings. The lowest BCUT2D eigenvalue weighted by Crippen LogP contribution is -2.42. The molecular weight excluding hydrogens is 266 g/mol. The van der Waals surface area contributed by atoms with Crippen LogP contribution >= 0.6 is 0 Å². The van der Waals surface area contributed by atoms with Crippen molar-refractivity contribution in [1.82, 2.24) is 14.7 Å². The maximum Gasteiger partial charge on any atom is 0.356 e. The van der Waals surface area contributed by atoms with Gasteiger partial charge in [-0.25, -0.2) is 4.79 Å². The van der Waals surface area contributed by atoms with Crippen LogP contribution in [0.4, 0.5) is 0 Å². The maximum atomic E-state index is 11.0. The first kappa shape index (κ1) is 14.6. The molecule has 1 aliphatic carbocycles. The van der Waals surface area contributed by atoms with E-state index in [1.54, 1.807) is 6.07 Å². The molecule has 2 heterocycles. The molecule has 1 unspecified atom stereocenters. The highest BCUT2D eigenvalue weighted by molar-refractivity contribution is 5.85. The van der Waals surface area contributed by atoms with Crippen molar-refractivity contribution in [2.75, 3.05) is 6.54 Å². The zero-order chi connectivity index (χ0) is 14.8. The van der Waals surface area contributed by atoms with Crippen LogP contribution in [0.3, 0.4) is 0 Å². The van der Waals surface area contributed by atoms with Gasteiger partial charge in [-0.1, -0.05) is 32.1 Å². The molecule has 5 heteroatoms. The van der Waals surface area contributed by atoms with Gasteiger partial charge < -0.3 is 5.11 Å². The minimum absolute atomic E-state index is 0.173. The van der Waals surface area contributed by atoms with E-state index in [4.69, 9.17) is 5.11 Å². The van der Waals surface area contributed by atoms with Gasteiger partial charge >= 0.3 is 5.97 Å². The number of aromatic carboxylic acids is 1. The molecule has 0 aromatic carbocycles. The normalized spacial score (nSPS) is 24.0. The second kappa shape index (κ2) is 6.18. The standard InChI is InChI=1S/C16H25N3O2/c1-12-10-19-14(9-15(17-19)16(20)21)11-18(12)8-7-13-5-3-2-4-6-13/h9,12-13H,2-8,10-11H2,1H3,(H,20,21). The lowest BCUT2D eigenvalue weighted by molar-refractivity contribution is 0.0688. The number of carboxylic acids is 1. The van der Waals surface area contributed by atoms with Gasteiger partial charge in [0.05, 0.1) is 12.2 Å². The first-order valence-corrected chi connectivity index (χ1v) is 8.17. The summed E-state index contributed by atoms with van der Waals surface area (Å²) in [6, 6.07) is 2.16. The van der Waals surface area contributed by atoms with Crippen molar-refractivity contribution in [2.24, 2.45) is 5.92 Å². The summed E-state index contributed by atoms with van der Waals surface area (Å²) in [5, 5.41) is 13.2. The molecule has 0 radical (unpaired) electrons. The summed E-state index contributed by atoms with van der Waals surface area (Å²) in [4.78, 5) is 13.5. The molecule has 1 atom stereocenters. The van der Waals surface area contributed by atoms with E-state index in [0.717, 1.165) is 31.2 Å². The second-order valence-electron chi connectivity index (χ2n) is 6.62. The molecule has 1 saturated carbocycles. The molecule has 2 aliphatic rings. The summed E-state index contributed by atoms with van der Waals surface area (Å²) in [5.41, 5.74) is 1.21. The molecule has 0 bridgehead atoms. The van der Waals surface area contributed by atoms with Crippen LogP contribution in [0, 0.1) is 5.92 Å². The third-order valence-electron chi connectivity index (χ3n) is 5.06. The fourth-order valence-electron chi connectivity index (χ4n) is 3.70. The molecule has 3 rings (SSSR count). The topological polar surface area (TPSA) is 58.4 Å². The van der Waals surface area contributed by atoms with Crippen LogP contribution in [0.15, 0.2) is 6.07 Å². The largest absolute Gasteiger partial charge is 0.476 e. The average Bonchev–Trinajstić information content (AvgIpc) is 2.89. The third-order valence-corrected chi connectivity index (χ3v) is 5.06. The van der Waals surface area contributed by atoms with Crippen LogP contribution in [0.1, 0.15) is 61.6 Å².